The summed E-state index contributed by atoms with van der Waals surface area (Å²) in [7, 11) is -4.62. The van der Waals surface area contributed by atoms with Crippen LogP contribution >= 0.6 is 11.6 Å². The van der Waals surface area contributed by atoms with Gasteiger partial charge in [-0.25, -0.2) is 13.1 Å². The van der Waals surface area contributed by atoms with E-state index in [1.165, 1.54) is 28.8 Å². The Hall–Kier alpha value is -5.80. The number of amides is 1. The second-order valence-corrected chi connectivity index (χ2v) is 24.4. The van der Waals surface area contributed by atoms with Crippen LogP contribution in [0.15, 0.2) is 89.5 Å². The molecule has 0 unspecified atom stereocenters. The van der Waals surface area contributed by atoms with E-state index in [-0.39, 0.29) is 34.5 Å². The van der Waals surface area contributed by atoms with Gasteiger partial charge in [0.15, 0.2) is 0 Å². The van der Waals surface area contributed by atoms with Crippen LogP contribution in [0.3, 0.4) is 0 Å². The van der Waals surface area contributed by atoms with Gasteiger partial charge in [0.1, 0.15) is 17.0 Å². The molecular formula is C57H70ClN9O9S. The van der Waals surface area contributed by atoms with Crippen LogP contribution in [0.25, 0.3) is 16.6 Å². The van der Waals surface area contributed by atoms with Crippen molar-refractivity contribution in [1.29, 1.82) is 0 Å². The Kier molecular flexibility index (Phi) is 15.8. The molecule has 2 aromatic heterocycles. The number of anilines is 4. The highest BCUT2D eigenvalue weighted by molar-refractivity contribution is 7.90. The number of allylic oxidation sites excluding steroid dienone is 1. The zero-order valence-electron chi connectivity index (χ0n) is 44.0. The molecule has 77 heavy (non-hydrogen) atoms. The van der Waals surface area contributed by atoms with Crippen LogP contribution < -0.4 is 24.6 Å². The minimum Gasteiger partial charge on any atom is -0.476 e. The lowest BCUT2D eigenvalue weighted by molar-refractivity contribution is -0.384. The molecule has 4 fully saturated rings. The van der Waals surface area contributed by atoms with Gasteiger partial charge in [0, 0.05) is 100.0 Å². The number of ether oxygens (including phenoxy) is 4. The number of sulfonamides is 1. The van der Waals surface area contributed by atoms with E-state index in [9.17, 15) is 23.3 Å². The van der Waals surface area contributed by atoms with Gasteiger partial charge >= 0.3 is 0 Å². The molecule has 6 heterocycles. The Morgan fingerprint density at radius 3 is 2.49 bits per heavy atom. The standard InChI is InChI=1S/C57H70ClN9O9S/c1-57(2)32-47(39-7-9-41(58)10-8-39)48-36-65-21-20-64(35-44(65)37-74-24-4-26-75-53(48)33-57)43-13-15-46(50(30-43)66-19-3-25-76-56-52(66)29-40-17-18-59-54(40)61-56)55(68)62-77(71,72)45-14-16-49(51(31-45)67(69)70)60-34-38-5-11-42(12-6-38)63-22-27-73-28-23-63/h7-10,13-18,29-31,38,42,44,53,60H,3-6,11-12,19-28,32-37H2,1-2H3,(H,59,61)(H,62,68)/t38?,42?,44-,53+/m0/s1. The minimum atomic E-state index is -4.62. The number of morpholine rings is 1. The first-order valence-corrected chi connectivity index (χ1v) is 29.2. The van der Waals surface area contributed by atoms with Crippen LogP contribution in [0.5, 0.6) is 5.88 Å². The molecule has 410 valence electrons. The SMILES string of the molecule is CC1(C)CC(c2ccc(Cl)cc2)=C2CN3CCN(c4ccc(C(=O)NS(=O)(=O)c5ccc(NCC6CCC(N7CCOCC7)CC6)c([N+](=O)[O-])c5)c(N5CCCOc6nc7[nH]ccc7cc65)c4)C[C@H]3COCCCO[C@@H]2C1. The number of halogens is 1. The number of nitro benzene ring substituents is 1. The Bertz CT molecular complexity index is 3100. The van der Waals surface area contributed by atoms with Crippen molar-refractivity contribution in [3.05, 3.63) is 111 Å². The van der Waals surface area contributed by atoms with Gasteiger partial charge in [-0.3, -0.25) is 24.7 Å². The lowest BCUT2D eigenvalue weighted by Crippen LogP contribution is -2.56. The summed E-state index contributed by atoms with van der Waals surface area (Å²) in [4.78, 5) is 43.5. The first kappa shape index (κ1) is 53.2. The Balaban J connectivity index is 0.866. The Morgan fingerprint density at radius 1 is 0.870 bits per heavy atom. The van der Waals surface area contributed by atoms with Crippen molar-refractivity contribution in [1.82, 2.24) is 24.5 Å². The maximum Gasteiger partial charge on any atom is 0.293 e. The number of benzene rings is 3. The van der Waals surface area contributed by atoms with Gasteiger partial charge < -0.3 is 39.0 Å². The second kappa shape index (κ2) is 22.9. The van der Waals surface area contributed by atoms with Crippen molar-refractivity contribution in [2.24, 2.45) is 11.3 Å². The van der Waals surface area contributed by atoms with E-state index in [1.54, 1.807) is 12.3 Å². The van der Waals surface area contributed by atoms with E-state index >= 15 is 0 Å². The van der Waals surface area contributed by atoms with E-state index in [0.717, 1.165) is 101 Å². The summed E-state index contributed by atoms with van der Waals surface area (Å²) in [6, 6.07) is 21.8. The highest BCUT2D eigenvalue weighted by atomic mass is 35.5. The van der Waals surface area contributed by atoms with Crippen molar-refractivity contribution in [3.8, 4) is 5.88 Å². The van der Waals surface area contributed by atoms with Crippen LogP contribution in [0.2, 0.25) is 5.02 Å². The fourth-order valence-electron chi connectivity index (χ4n) is 12.4. The number of hydrogen-bond acceptors (Lipinski definition) is 15. The zero-order chi connectivity index (χ0) is 53.3. The third kappa shape index (κ3) is 12.0. The second-order valence-electron chi connectivity index (χ2n) is 22.3. The fraction of sp³-hybridized carbons (Fsp3) is 0.509. The maximum absolute atomic E-state index is 14.7. The average molecular weight is 1090 g/mol. The van der Waals surface area contributed by atoms with E-state index in [0.29, 0.717) is 98.9 Å². The highest BCUT2D eigenvalue weighted by Crippen LogP contribution is 2.46. The Morgan fingerprint density at radius 2 is 1.69 bits per heavy atom. The number of aromatic amines is 1. The van der Waals surface area contributed by atoms with Crippen LogP contribution in [0.4, 0.5) is 28.4 Å². The number of carbonyl (C=O) groups is 1. The van der Waals surface area contributed by atoms with Crippen molar-refractivity contribution < 1.29 is 37.1 Å². The van der Waals surface area contributed by atoms with Crippen LogP contribution in [-0.2, 0) is 24.2 Å². The molecular weight excluding hydrogens is 1020 g/mol. The first-order chi connectivity index (χ1) is 37.2. The summed E-state index contributed by atoms with van der Waals surface area (Å²) in [6.07, 6.45) is 9.05. The third-order valence-electron chi connectivity index (χ3n) is 16.5. The predicted octanol–water partition coefficient (Wildman–Crippen LogP) is 9.04. The van der Waals surface area contributed by atoms with E-state index in [2.05, 4.69) is 55.7 Å². The van der Waals surface area contributed by atoms with E-state index < -0.39 is 25.7 Å². The number of nitrogens with one attached hydrogen (secondary N) is 3. The average Bonchev–Trinajstić information content (AvgIpc) is 3.86. The Labute approximate surface area is 455 Å². The molecule has 4 aliphatic heterocycles. The number of piperazine rings is 1. The summed E-state index contributed by atoms with van der Waals surface area (Å²) in [5.41, 5.74) is 6.36. The highest BCUT2D eigenvalue weighted by Gasteiger charge is 2.39. The number of carbonyl (C=O) groups excluding carboxylic acids is 1. The molecule has 0 spiro atoms. The molecule has 18 nitrogen and oxygen atoms in total. The molecule has 5 aromatic rings. The van der Waals surface area contributed by atoms with Gasteiger partial charge in [-0.15, -0.1) is 0 Å². The van der Waals surface area contributed by atoms with Crippen LogP contribution in [-0.4, -0.2) is 149 Å². The number of hydrogen-bond donors (Lipinski definition) is 3. The molecule has 2 atom stereocenters. The van der Waals surface area contributed by atoms with Crippen LogP contribution in [0.1, 0.15) is 81.1 Å². The monoisotopic (exact) mass is 1090 g/mol. The summed E-state index contributed by atoms with van der Waals surface area (Å²) in [6.45, 7) is 13.8. The molecule has 1 saturated carbocycles. The molecule has 2 aliphatic carbocycles. The van der Waals surface area contributed by atoms with E-state index in [4.69, 9.17) is 35.5 Å². The quantitative estimate of drug-likeness (QED) is 0.0836. The third-order valence-corrected chi connectivity index (χ3v) is 18.1. The summed E-state index contributed by atoms with van der Waals surface area (Å²) in [5.74, 6) is -0.181. The van der Waals surface area contributed by atoms with Crippen LogP contribution in [0, 0.1) is 21.4 Å². The largest absolute Gasteiger partial charge is 0.476 e. The number of rotatable bonds is 11. The van der Waals surface area contributed by atoms with E-state index in [1.807, 2.05) is 41.3 Å². The van der Waals surface area contributed by atoms with Gasteiger partial charge in [-0.1, -0.05) is 37.6 Å². The number of H-pyrrole nitrogens is 1. The number of fused-ring (bicyclic) bond motifs is 4. The molecule has 3 saturated heterocycles. The van der Waals surface area contributed by atoms with Gasteiger partial charge in [-0.05, 0) is 134 Å². The summed E-state index contributed by atoms with van der Waals surface area (Å²) >= 11 is 6.39. The molecule has 0 bridgehead atoms. The van der Waals surface area contributed by atoms with Gasteiger partial charge in [0.05, 0.1) is 59.6 Å². The lowest BCUT2D eigenvalue weighted by Gasteiger charge is -2.45. The number of aromatic nitrogens is 2. The van der Waals surface area contributed by atoms with Crippen molar-refractivity contribution in [2.75, 3.05) is 107 Å². The van der Waals surface area contributed by atoms with Crippen molar-refractivity contribution in [3.63, 3.8) is 0 Å². The minimum absolute atomic E-state index is 0.0117. The molecule has 20 heteroatoms. The molecule has 11 rings (SSSR count). The summed E-state index contributed by atoms with van der Waals surface area (Å²) in [5, 5.41) is 17.3. The number of nitrogens with zero attached hydrogens (tertiary/aromatic N) is 6. The van der Waals surface area contributed by atoms with Crippen molar-refractivity contribution >= 4 is 72.6 Å². The molecule has 3 N–H and O–H groups in total. The number of nitro groups is 1. The first-order valence-electron chi connectivity index (χ1n) is 27.4. The summed E-state index contributed by atoms with van der Waals surface area (Å²) < 4.78 is 55.6. The smallest absolute Gasteiger partial charge is 0.293 e. The zero-order valence-corrected chi connectivity index (χ0v) is 45.6. The lowest BCUT2D eigenvalue weighted by atomic mass is 9.71. The molecule has 0 radical (unpaired) electrons. The van der Waals surface area contributed by atoms with Crippen molar-refractivity contribution in [2.45, 2.75) is 88.3 Å². The number of pyridine rings is 1. The molecule has 6 aliphatic rings. The normalized spacial score (nSPS) is 23.9. The van der Waals surface area contributed by atoms with Gasteiger partial charge in [0.25, 0.3) is 21.6 Å². The molecule has 3 aromatic carbocycles. The fourth-order valence-corrected chi connectivity index (χ4v) is 13.5. The molecule has 1 amide bonds. The van der Waals surface area contributed by atoms with Gasteiger partial charge in [-0.2, -0.15) is 4.98 Å². The van der Waals surface area contributed by atoms with Gasteiger partial charge in [0.2, 0.25) is 5.88 Å². The topological polar surface area (TPSA) is 197 Å². The maximum atomic E-state index is 14.7. The predicted molar refractivity (Wildman–Crippen MR) is 298 cm³/mol.